The van der Waals surface area contributed by atoms with Crippen LogP contribution < -0.4 is 14.8 Å². The van der Waals surface area contributed by atoms with Gasteiger partial charge in [-0.05, 0) is 52.2 Å². The Kier molecular flexibility index (Phi) is 4.76. The lowest BCUT2D eigenvalue weighted by atomic mass is 10.1. The average molecular weight is 381 g/mol. The maximum atomic E-state index is 12.0. The lowest BCUT2D eigenvalue weighted by Gasteiger charge is -2.16. The van der Waals surface area contributed by atoms with Gasteiger partial charge < -0.3 is 24.1 Å². The minimum absolute atomic E-state index is 0.140. The summed E-state index contributed by atoms with van der Waals surface area (Å²) in [5.41, 5.74) is 1.09. The Morgan fingerprint density at radius 1 is 1.26 bits per heavy atom. The number of furan rings is 1. The molecule has 0 radical (unpaired) electrons. The fourth-order valence-electron chi connectivity index (χ4n) is 2.29. The Balaban J connectivity index is 1.45. The molecule has 0 bridgehead atoms. The number of amides is 2. The lowest BCUT2D eigenvalue weighted by molar-refractivity contribution is 0.174. The quantitative estimate of drug-likeness (QED) is 0.864. The number of halogens is 1. The molecule has 0 fully saturated rings. The van der Waals surface area contributed by atoms with Gasteiger partial charge in [-0.2, -0.15) is 0 Å². The Morgan fingerprint density at radius 3 is 2.87 bits per heavy atom. The van der Waals surface area contributed by atoms with E-state index < -0.39 is 0 Å². The molecule has 0 spiro atoms. The Morgan fingerprint density at radius 2 is 2.09 bits per heavy atom. The van der Waals surface area contributed by atoms with Gasteiger partial charge in [-0.1, -0.05) is 6.07 Å². The first-order chi connectivity index (χ1) is 11.1. The van der Waals surface area contributed by atoms with E-state index in [1.807, 2.05) is 24.3 Å². The molecule has 1 N–H and O–H groups in total. The van der Waals surface area contributed by atoms with Crippen molar-refractivity contribution < 1.29 is 18.7 Å². The highest BCUT2D eigenvalue weighted by atomic mass is 79.9. The van der Waals surface area contributed by atoms with Crippen LogP contribution in [0.5, 0.6) is 11.5 Å². The van der Waals surface area contributed by atoms with Crippen molar-refractivity contribution in [1.29, 1.82) is 0 Å². The molecule has 6 nitrogen and oxygen atoms in total. The van der Waals surface area contributed by atoms with E-state index in [4.69, 9.17) is 13.9 Å². The number of nitrogens with one attached hydrogen (secondary N) is 1. The predicted octanol–water partition coefficient (Wildman–Crippen LogP) is 3.15. The van der Waals surface area contributed by atoms with Gasteiger partial charge in [-0.15, -0.1) is 0 Å². The second-order valence-electron chi connectivity index (χ2n) is 5.23. The molecular formula is C16H17BrN2O4. The Bertz CT molecular complexity index is 701. The minimum Gasteiger partial charge on any atom is -0.454 e. The average Bonchev–Trinajstić information content (AvgIpc) is 3.15. The van der Waals surface area contributed by atoms with Crippen molar-refractivity contribution in [2.24, 2.45) is 0 Å². The maximum absolute atomic E-state index is 12.0. The third-order valence-corrected chi connectivity index (χ3v) is 3.92. The smallest absolute Gasteiger partial charge is 0.317 e. The molecule has 0 atom stereocenters. The van der Waals surface area contributed by atoms with Crippen molar-refractivity contribution in [3.05, 3.63) is 46.3 Å². The number of ether oxygens (including phenoxy) is 2. The van der Waals surface area contributed by atoms with Crippen molar-refractivity contribution in [1.82, 2.24) is 10.2 Å². The van der Waals surface area contributed by atoms with Crippen LogP contribution >= 0.6 is 15.9 Å². The van der Waals surface area contributed by atoms with Gasteiger partial charge >= 0.3 is 6.03 Å². The zero-order valence-corrected chi connectivity index (χ0v) is 14.3. The molecule has 1 aliphatic heterocycles. The largest absolute Gasteiger partial charge is 0.454 e. The number of carbonyl (C=O) groups is 1. The highest BCUT2D eigenvalue weighted by molar-refractivity contribution is 9.10. The van der Waals surface area contributed by atoms with E-state index >= 15 is 0 Å². The summed E-state index contributed by atoms with van der Waals surface area (Å²) in [6.45, 7) is 1.23. The molecule has 3 rings (SSSR count). The van der Waals surface area contributed by atoms with E-state index in [1.54, 1.807) is 18.0 Å². The molecule has 2 heterocycles. The Hall–Kier alpha value is -2.15. The fraction of sp³-hybridized carbons (Fsp3) is 0.312. The fourth-order valence-corrected chi connectivity index (χ4v) is 2.63. The molecule has 0 saturated heterocycles. The Labute approximate surface area is 142 Å². The molecule has 2 aromatic rings. The van der Waals surface area contributed by atoms with Crippen LogP contribution in [-0.2, 0) is 13.0 Å². The highest BCUT2D eigenvalue weighted by Gasteiger charge is 2.14. The van der Waals surface area contributed by atoms with Crippen LogP contribution in [0.3, 0.4) is 0 Å². The van der Waals surface area contributed by atoms with E-state index in [0.717, 1.165) is 29.2 Å². The summed E-state index contributed by atoms with van der Waals surface area (Å²) in [4.78, 5) is 13.6. The number of benzene rings is 1. The second-order valence-corrected chi connectivity index (χ2v) is 6.01. The van der Waals surface area contributed by atoms with Crippen LogP contribution in [0.2, 0.25) is 0 Å². The first-order valence-corrected chi connectivity index (χ1v) is 8.03. The van der Waals surface area contributed by atoms with Crippen LogP contribution in [-0.4, -0.2) is 31.3 Å². The summed E-state index contributed by atoms with van der Waals surface area (Å²) in [5, 5.41) is 2.89. The summed E-state index contributed by atoms with van der Waals surface area (Å²) in [5.74, 6) is 2.25. The van der Waals surface area contributed by atoms with Gasteiger partial charge in [0, 0.05) is 13.6 Å². The molecule has 0 saturated carbocycles. The van der Waals surface area contributed by atoms with E-state index in [0.29, 0.717) is 17.8 Å². The number of hydrogen-bond donors (Lipinski definition) is 1. The zero-order valence-electron chi connectivity index (χ0n) is 12.7. The zero-order chi connectivity index (χ0) is 16.2. The summed E-state index contributed by atoms with van der Waals surface area (Å²) in [6.07, 6.45) is 0.725. The first-order valence-electron chi connectivity index (χ1n) is 7.23. The minimum atomic E-state index is -0.140. The normalized spacial score (nSPS) is 12.3. The molecular weight excluding hydrogens is 364 g/mol. The standard InChI is InChI=1S/C16H17BrN2O4/c1-19(9-12-3-5-15(17)23-12)16(20)18-7-6-11-2-4-13-14(8-11)22-10-21-13/h2-5,8H,6-7,9-10H2,1H3,(H,18,20). The number of carbonyl (C=O) groups excluding carboxylic acids is 1. The molecule has 122 valence electrons. The maximum Gasteiger partial charge on any atom is 0.317 e. The van der Waals surface area contributed by atoms with E-state index in [2.05, 4.69) is 21.2 Å². The van der Waals surface area contributed by atoms with Crippen molar-refractivity contribution in [3.63, 3.8) is 0 Å². The summed E-state index contributed by atoms with van der Waals surface area (Å²) in [6, 6.07) is 9.31. The second kappa shape index (κ2) is 6.95. The monoisotopic (exact) mass is 380 g/mol. The number of nitrogens with zero attached hydrogens (tertiary/aromatic N) is 1. The van der Waals surface area contributed by atoms with E-state index in [1.165, 1.54) is 0 Å². The van der Waals surface area contributed by atoms with Crippen molar-refractivity contribution in [3.8, 4) is 11.5 Å². The third-order valence-electron chi connectivity index (χ3n) is 3.50. The lowest BCUT2D eigenvalue weighted by Crippen LogP contribution is -2.37. The SMILES string of the molecule is CN(Cc1ccc(Br)o1)C(=O)NCCc1ccc2c(c1)OCO2. The van der Waals surface area contributed by atoms with Gasteiger partial charge in [0.25, 0.3) is 0 Å². The van der Waals surface area contributed by atoms with Gasteiger partial charge in [0.05, 0.1) is 6.54 Å². The number of hydrogen-bond acceptors (Lipinski definition) is 4. The number of urea groups is 1. The van der Waals surface area contributed by atoms with Gasteiger partial charge in [0.15, 0.2) is 16.2 Å². The highest BCUT2D eigenvalue weighted by Crippen LogP contribution is 2.32. The van der Waals surface area contributed by atoms with Crippen molar-refractivity contribution in [2.45, 2.75) is 13.0 Å². The summed E-state index contributed by atoms with van der Waals surface area (Å²) >= 11 is 3.24. The van der Waals surface area contributed by atoms with Gasteiger partial charge in [0.1, 0.15) is 5.76 Å². The third kappa shape index (κ3) is 3.98. The van der Waals surface area contributed by atoms with Crippen LogP contribution in [0.1, 0.15) is 11.3 Å². The first kappa shape index (κ1) is 15.7. The van der Waals surface area contributed by atoms with Gasteiger partial charge in [-0.3, -0.25) is 0 Å². The van der Waals surface area contributed by atoms with Crippen LogP contribution in [0, 0.1) is 0 Å². The van der Waals surface area contributed by atoms with E-state index in [-0.39, 0.29) is 12.8 Å². The topological polar surface area (TPSA) is 63.9 Å². The molecule has 7 heteroatoms. The molecule has 2 amide bonds. The molecule has 1 aromatic carbocycles. The molecule has 23 heavy (non-hydrogen) atoms. The summed E-state index contributed by atoms with van der Waals surface area (Å²) < 4.78 is 16.7. The molecule has 0 aliphatic carbocycles. The van der Waals surface area contributed by atoms with Crippen LogP contribution in [0.4, 0.5) is 4.79 Å². The summed E-state index contributed by atoms with van der Waals surface area (Å²) in [7, 11) is 1.73. The number of rotatable bonds is 5. The van der Waals surface area contributed by atoms with Gasteiger partial charge in [0.2, 0.25) is 6.79 Å². The molecule has 1 aromatic heterocycles. The molecule has 0 unspecified atom stereocenters. The predicted molar refractivity (Wildman–Crippen MR) is 87.5 cm³/mol. The van der Waals surface area contributed by atoms with Crippen LogP contribution in [0.25, 0.3) is 0 Å². The molecule has 1 aliphatic rings. The van der Waals surface area contributed by atoms with Gasteiger partial charge in [-0.25, -0.2) is 4.79 Å². The van der Waals surface area contributed by atoms with Crippen molar-refractivity contribution in [2.75, 3.05) is 20.4 Å². The number of fused-ring (bicyclic) bond motifs is 1. The van der Waals surface area contributed by atoms with Crippen LogP contribution in [0.15, 0.2) is 39.4 Å². The van der Waals surface area contributed by atoms with E-state index in [9.17, 15) is 4.79 Å². The van der Waals surface area contributed by atoms with Crippen molar-refractivity contribution >= 4 is 22.0 Å².